The van der Waals surface area contributed by atoms with Crippen LogP contribution in [0.1, 0.15) is 17.3 Å². The average Bonchev–Trinajstić information content (AvgIpc) is 2.84. The van der Waals surface area contributed by atoms with Crippen molar-refractivity contribution in [3.8, 4) is 0 Å². The van der Waals surface area contributed by atoms with Crippen molar-refractivity contribution < 1.29 is 4.79 Å². The monoisotopic (exact) mass is 260 g/mol. The third-order valence-electron chi connectivity index (χ3n) is 2.64. The molecule has 1 amide bonds. The lowest BCUT2D eigenvalue weighted by molar-refractivity contribution is 0.100. The minimum atomic E-state index is -0.565. The van der Waals surface area contributed by atoms with Crippen LogP contribution in [-0.4, -0.2) is 26.5 Å². The summed E-state index contributed by atoms with van der Waals surface area (Å²) in [6.07, 6.45) is 6.76. The number of nitrogen functional groups attached to an aromatic ring is 1. The molecule has 2 aromatic heterocycles. The van der Waals surface area contributed by atoms with E-state index in [1.165, 1.54) is 6.20 Å². The molecule has 7 heteroatoms. The first-order valence-corrected chi connectivity index (χ1v) is 5.84. The Morgan fingerprint density at radius 2 is 2.37 bits per heavy atom. The van der Waals surface area contributed by atoms with Crippen LogP contribution in [0.25, 0.3) is 0 Å². The SMILES string of the molecule is CC(Cn1ccnc1)Nc1cc(C(N)=O)c(N)cn1. The van der Waals surface area contributed by atoms with Crippen LogP contribution in [0.3, 0.4) is 0 Å². The smallest absolute Gasteiger partial charge is 0.250 e. The molecule has 0 aliphatic carbocycles. The number of carbonyl (C=O) groups excluding carboxylic acids is 1. The summed E-state index contributed by atoms with van der Waals surface area (Å²) >= 11 is 0. The lowest BCUT2D eigenvalue weighted by atomic mass is 10.2. The van der Waals surface area contributed by atoms with Crippen LogP contribution in [-0.2, 0) is 6.54 Å². The molecule has 0 fully saturated rings. The Hall–Kier alpha value is -2.57. The Bertz CT molecular complexity index is 566. The predicted octanol–water partition coefficient (Wildman–Crippen LogP) is 0.460. The second-order valence-corrected chi connectivity index (χ2v) is 4.33. The summed E-state index contributed by atoms with van der Waals surface area (Å²) in [6, 6.07) is 1.67. The molecule has 0 saturated heterocycles. The number of nitrogens with zero attached hydrogens (tertiary/aromatic N) is 3. The maximum absolute atomic E-state index is 11.2. The molecular formula is C12H16N6O. The van der Waals surface area contributed by atoms with E-state index in [2.05, 4.69) is 15.3 Å². The van der Waals surface area contributed by atoms with Crippen molar-refractivity contribution in [1.29, 1.82) is 0 Å². The second kappa shape index (κ2) is 5.38. The van der Waals surface area contributed by atoms with Crippen LogP contribution in [0.2, 0.25) is 0 Å². The van der Waals surface area contributed by atoms with Gasteiger partial charge in [-0.3, -0.25) is 4.79 Å². The van der Waals surface area contributed by atoms with Crippen molar-refractivity contribution in [2.45, 2.75) is 19.5 Å². The van der Waals surface area contributed by atoms with Crippen molar-refractivity contribution in [3.05, 3.63) is 36.5 Å². The Labute approximate surface area is 110 Å². The highest BCUT2D eigenvalue weighted by molar-refractivity contribution is 5.98. The third kappa shape index (κ3) is 3.21. The summed E-state index contributed by atoms with van der Waals surface area (Å²) in [5.41, 5.74) is 11.4. The number of amides is 1. The van der Waals surface area contributed by atoms with Gasteiger partial charge in [-0.1, -0.05) is 0 Å². The topological polar surface area (TPSA) is 112 Å². The van der Waals surface area contributed by atoms with Gasteiger partial charge in [0.1, 0.15) is 5.82 Å². The van der Waals surface area contributed by atoms with Crippen LogP contribution in [0.5, 0.6) is 0 Å². The zero-order valence-electron chi connectivity index (χ0n) is 10.6. The normalized spacial score (nSPS) is 12.1. The highest BCUT2D eigenvalue weighted by Gasteiger charge is 2.09. The van der Waals surface area contributed by atoms with Crippen LogP contribution in [0, 0.1) is 0 Å². The molecule has 100 valence electrons. The fourth-order valence-corrected chi connectivity index (χ4v) is 1.77. The fraction of sp³-hybridized carbons (Fsp3) is 0.250. The minimum Gasteiger partial charge on any atom is -0.397 e. The fourth-order valence-electron chi connectivity index (χ4n) is 1.77. The van der Waals surface area contributed by atoms with Crippen molar-refractivity contribution in [1.82, 2.24) is 14.5 Å². The van der Waals surface area contributed by atoms with Crippen LogP contribution in [0.15, 0.2) is 31.0 Å². The Balaban J connectivity index is 2.06. The lowest BCUT2D eigenvalue weighted by Gasteiger charge is -2.15. The number of imidazole rings is 1. The molecule has 0 radical (unpaired) electrons. The highest BCUT2D eigenvalue weighted by atomic mass is 16.1. The van der Waals surface area contributed by atoms with Gasteiger partial charge in [-0.2, -0.15) is 0 Å². The van der Waals surface area contributed by atoms with Gasteiger partial charge in [0.25, 0.3) is 5.91 Å². The molecule has 2 heterocycles. The number of rotatable bonds is 5. The summed E-state index contributed by atoms with van der Waals surface area (Å²) in [5.74, 6) is 0.000767. The molecule has 0 aliphatic heterocycles. The van der Waals surface area contributed by atoms with E-state index in [4.69, 9.17) is 11.5 Å². The van der Waals surface area contributed by atoms with Crippen LogP contribution < -0.4 is 16.8 Å². The maximum Gasteiger partial charge on any atom is 0.250 e. The van der Waals surface area contributed by atoms with E-state index in [1.807, 2.05) is 17.7 Å². The molecule has 19 heavy (non-hydrogen) atoms. The number of carbonyl (C=O) groups is 1. The average molecular weight is 260 g/mol. The van der Waals surface area contributed by atoms with E-state index < -0.39 is 5.91 Å². The largest absolute Gasteiger partial charge is 0.397 e. The third-order valence-corrected chi connectivity index (χ3v) is 2.64. The number of nitrogens with one attached hydrogen (secondary N) is 1. The molecule has 1 unspecified atom stereocenters. The summed E-state index contributed by atoms with van der Waals surface area (Å²) in [7, 11) is 0. The summed E-state index contributed by atoms with van der Waals surface area (Å²) in [4.78, 5) is 19.3. The molecular weight excluding hydrogens is 244 g/mol. The first-order valence-electron chi connectivity index (χ1n) is 5.84. The predicted molar refractivity (Wildman–Crippen MR) is 72.5 cm³/mol. The van der Waals surface area contributed by atoms with Gasteiger partial charge in [0.15, 0.2) is 0 Å². The summed E-state index contributed by atoms with van der Waals surface area (Å²) in [6.45, 7) is 2.74. The van der Waals surface area contributed by atoms with Gasteiger partial charge >= 0.3 is 0 Å². The number of hydrogen-bond acceptors (Lipinski definition) is 5. The van der Waals surface area contributed by atoms with Gasteiger partial charge in [0.05, 0.1) is 23.8 Å². The Morgan fingerprint density at radius 3 is 3.00 bits per heavy atom. The van der Waals surface area contributed by atoms with Crippen molar-refractivity contribution in [3.63, 3.8) is 0 Å². The number of aromatic nitrogens is 3. The molecule has 2 rings (SSSR count). The van der Waals surface area contributed by atoms with Gasteiger partial charge in [0.2, 0.25) is 0 Å². The summed E-state index contributed by atoms with van der Waals surface area (Å²) < 4.78 is 1.95. The second-order valence-electron chi connectivity index (χ2n) is 4.33. The van der Waals surface area contributed by atoms with Crippen LogP contribution >= 0.6 is 0 Å². The summed E-state index contributed by atoms with van der Waals surface area (Å²) in [5, 5.41) is 3.18. The molecule has 0 bridgehead atoms. The van der Waals surface area contributed by atoms with Gasteiger partial charge in [-0.05, 0) is 13.0 Å². The first-order chi connectivity index (χ1) is 9.06. The number of pyridine rings is 1. The zero-order valence-corrected chi connectivity index (χ0v) is 10.6. The van der Waals surface area contributed by atoms with Gasteiger partial charge in [-0.25, -0.2) is 9.97 Å². The molecule has 0 aromatic carbocycles. The van der Waals surface area contributed by atoms with E-state index in [-0.39, 0.29) is 17.3 Å². The van der Waals surface area contributed by atoms with Gasteiger partial charge < -0.3 is 21.4 Å². The zero-order chi connectivity index (χ0) is 13.8. The molecule has 0 spiro atoms. The molecule has 0 saturated carbocycles. The molecule has 5 N–H and O–H groups in total. The first kappa shape index (κ1) is 12.9. The van der Waals surface area contributed by atoms with Crippen molar-refractivity contribution >= 4 is 17.4 Å². The van der Waals surface area contributed by atoms with Gasteiger partial charge in [-0.15, -0.1) is 0 Å². The van der Waals surface area contributed by atoms with Gasteiger partial charge in [0, 0.05) is 25.0 Å². The Kier molecular flexibility index (Phi) is 3.65. The maximum atomic E-state index is 11.2. The van der Waals surface area contributed by atoms with Crippen molar-refractivity contribution in [2.24, 2.45) is 5.73 Å². The molecule has 1 atom stereocenters. The van der Waals surface area contributed by atoms with Crippen LogP contribution in [0.4, 0.5) is 11.5 Å². The van der Waals surface area contributed by atoms with E-state index in [1.54, 1.807) is 18.6 Å². The Morgan fingerprint density at radius 1 is 1.58 bits per heavy atom. The van der Waals surface area contributed by atoms with E-state index in [0.717, 1.165) is 6.54 Å². The lowest BCUT2D eigenvalue weighted by Crippen LogP contribution is -2.22. The number of primary amides is 1. The molecule has 0 aliphatic rings. The van der Waals surface area contributed by atoms with E-state index in [9.17, 15) is 4.79 Å². The number of hydrogen-bond donors (Lipinski definition) is 3. The molecule has 2 aromatic rings. The van der Waals surface area contributed by atoms with Crippen molar-refractivity contribution in [2.75, 3.05) is 11.1 Å². The number of anilines is 2. The molecule has 7 nitrogen and oxygen atoms in total. The highest BCUT2D eigenvalue weighted by Crippen LogP contribution is 2.15. The quantitative estimate of drug-likeness (QED) is 0.723. The van der Waals surface area contributed by atoms with E-state index in [0.29, 0.717) is 5.82 Å². The van der Waals surface area contributed by atoms with E-state index >= 15 is 0 Å². The standard InChI is InChI=1S/C12H16N6O/c1-8(6-18-3-2-15-7-18)17-11-4-9(12(14)19)10(13)5-16-11/h2-5,7-8H,6,13H2,1H3,(H2,14,19)(H,16,17). The number of nitrogens with two attached hydrogens (primary N) is 2. The minimum absolute atomic E-state index is 0.117.